The summed E-state index contributed by atoms with van der Waals surface area (Å²) in [4.78, 5) is 10.7. The molecule has 2 nitrogen and oxygen atoms in total. The summed E-state index contributed by atoms with van der Waals surface area (Å²) in [5.74, 6) is 0.770. The Morgan fingerprint density at radius 1 is 0.367 bits per heavy atom. The standard InChI is InChI=1S/C46H34N2Si/c1-49(2)42-30-39-18-10-9-17-38(39)29-41(42)44-45(49)43(47-46(48-44)34-15-7-4-8-16-34)40-22-12-21-37(28-40)36-20-11-19-35(27-36)33-25-23-32(24-26-33)31-13-5-3-6-14-31/h3-30H,1-2H3. The van der Waals surface area contributed by atoms with Gasteiger partial charge in [-0.15, -0.1) is 0 Å². The quantitative estimate of drug-likeness (QED) is 0.175. The Kier molecular flexibility index (Phi) is 6.96. The summed E-state index contributed by atoms with van der Waals surface area (Å²) in [6, 6.07) is 61.0. The molecule has 0 saturated carbocycles. The van der Waals surface area contributed by atoms with Crippen molar-refractivity contribution in [3.63, 3.8) is 0 Å². The normalized spacial score (nSPS) is 12.9. The first kappa shape index (κ1) is 29.3. The molecule has 3 heteroatoms. The summed E-state index contributed by atoms with van der Waals surface area (Å²) in [6.07, 6.45) is 0. The van der Waals surface area contributed by atoms with Crippen molar-refractivity contribution in [3.8, 4) is 67.3 Å². The van der Waals surface area contributed by atoms with Crippen LogP contribution in [0.25, 0.3) is 78.1 Å². The molecular formula is C46H34N2Si. The van der Waals surface area contributed by atoms with E-state index in [-0.39, 0.29) is 0 Å². The maximum Gasteiger partial charge on any atom is 0.160 e. The average Bonchev–Trinajstić information content (AvgIpc) is 3.39. The smallest absolute Gasteiger partial charge is 0.160 e. The van der Waals surface area contributed by atoms with Crippen LogP contribution in [-0.2, 0) is 0 Å². The molecule has 0 spiro atoms. The summed E-state index contributed by atoms with van der Waals surface area (Å²) < 4.78 is 0. The van der Waals surface area contributed by atoms with Gasteiger partial charge in [0, 0.05) is 16.7 Å². The van der Waals surface area contributed by atoms with Gasteiger partial charge in [0.2, 0.25) is 0 Å². The van der Waals surface area contributed by atoms with Crippen LogP contribution in [0.4, 0.5) is 0 Å². The first-order valence-corrected chi connectivity index (χ1v) is 19.9. The molecule has 2 heterocycles. The highest BCUT2D eigenvalue weighted by Crippen LogP contribution is 2.37. The van der Waals surface area contributed by atoms with E-state index in [4.69, 9.17) is 9.97 Å². The number of nitrogens with zero attached hydrogens (tertiary/aromatic N) is 2. The largest absolute Gasteiger partial charge is 0.228 e. The molecule has 0 unspecified atom stereocenters. The number of benzene rings is 7. The molecule has 0 fully saturated rings. The van der Waals surface area contributed by atoms with Crippen molar-refractivity contribution in [1.29, 1.82) is 0 Å². The highest BCUT2D eigenvalue weighted by atomic mass is 28.3. The minimum absolute atomic E-state index is 0.770. The SMILES string of the molecule is C[Si]1(C)c2cc3ccccc3cc2-c2nc(-c3ccccc3)nc(-c3cccc(-c4cccc(-c5ccc(-c6ccccc6)cc5)c4)c3)c21. The Balaban J connectivity index is 1.16. The predicted octanol–water partition coefficient (Wildman–Crippen LogP) is 10.8. The summed E-state index contributed by atoms with van der Waals surface area (Å²) in [7, 11) is -2.15. The van der Waals surface area contributed by atoms with Crippen LogP contribution in [-0.4, -0.2) is 18.0 Å². The maximum atomic E-state index is 5.39. The van der Waals surface area contributed by atoms with Crippen molar-refractivity contribution in [2.75, 3.05) is 0 Å². The van der Waals surface area contributed by atoms with E-state index < -0.39 is 8.07 Å². The summed E-state index contributed by atoms with van der Waals surface area (Å²) in [5, 5.41) is 5.28. The van der Waals surface area contributed by atoms with E-state index in [1.54, 1.807) is 0 Å². The lowest BCUT2D eigenvalue weighted by atomic mass is 9.96. The zero-order valence-electron chi connectivity index (χ0n) is 27.6. The minimum Gasteiger partial charge on any atom is -0.228 e. The fraction of sp³-hybridized carbons (Fsp3) is 0.0435. The number of rotatable bonds is 5. The molecule has 0 amide bonds. The molecule has 7 aromatic carbocycles. The summed E-state index contributed by atoms with van der Waals surface area (Å²) >= 11 is 0. The lowest BCUT2D eigenvalue weighted by Crippen LogP contribution is -2.50. The number of hydrogen-bond acceptors (Lipinski definition) is 2. The topological polar surface area (TPSA) is 25.8 Å². The van der Waals surface area contributed by atoms with Crippen molar-refractivity contribution in [3.05, 3.63) is 170 Å². The average molecular weight is 643 g/mol. The lowest BCUT2D eigenvalue weighted by Gasteiger charge is -2.22. The van der Waals surface area contributed by atoms with E-state index in [2.05, 4.69) is 177 Å². The zero-order chi connectivity index (χ0) is 33.0. The van der Waals surface area contributed by atoms with Crippen molar-refractivity contribution in [2.45, 2.75) is 13.1 Å². The predicted molar refractivity (Wildman–Crippen MR) is 209 cm³/mol. The van der Waals surface area contributed by atoms with Crippen LogP contribution in [0.3, 0.4) is 0 Å². The van der Waals surface area contributed by atoms with Gasteiger partial charge in [0.25, 0.3) is 0 Å². The van der Waals surface area contributed by atoms with Gasteiger partial charge in [-0.1, -0.05) is 165 Å². The van der Waals surface area contributed by atoms with E-state index in [1.807, 2.05) is 6.07 Å². The monoisotopic (exact) mass is 642 g/mol. The molecule has 49 heavy (non-hydrogen) atoms. The molecule has 9 rings (SSSR count). The van der Waals surface area contributed by atoms with Gasteiger partial charge in [-0.25, -0.2) is 9.97 Å². The molecule has 8 aromatic rings. The number of hydrogen-bond donors (Lipinski definition) is 0. The Bertz CT molecular complexity index is 2500. The van der Waals surface area contributed by atoms with Gasteiger partial charge >= 0.3 is 0 Å². The van der Waals surface area contributed by atoms with E-state index in [1.165, 1.54) is 60.1 Å². The molecular weight excluding hydrogens is 609 g/mol. The third-order valence-corrected chi connectivity index (χ3v) is 13.5. The van der Waals surface area contributed by atoms with Crippen LogP contribution in [0.1, 0.15) is 0 Å². The summed E-state index contributed by atoms with van der Waals surface area (Å²) in [6.45, 7) is 4.91. The van der Waals surface area contributed by atoms with Gasteiger partial charge < -0.3 is 0 Å². The van der Waals surface area contributed by atoms with Crippen LogP contribution in [0.5, 0.6) is 0 Å². The van der Waals surface area contributed by atoms with Crippen LogP contribution in [0.2, 0.25) is 13.1 Å². The van der Waals surface area contributed by atoms with E-state index in [0.717, 1.165) is 28.3 Å². The molecule has 0 N–H and O–H groups in total. The second-order valence-corrected chi connectivity index (χ2v) is 17.7. The molecule has 0 atom stereocenters. The van der Waals surface area contributed by atoms with Crippen LogP contribution in [0, 0.1) is 0 Å². The molecule has 1 aliphatic rings. The third-order valence-electron chi connectivity index (χ3n) is 10.0. The van der Waals surface area contributed by atoms with E-state index >= 15 is 0 Å². The zero-order valence-corrected chi connectivity index (χ0v) is 28.6. The first-order chi connectivity index (χ1) is 24.0. The van der Waals surface area contributed by atoms with Crippen molar-refractivity contribution >= 4 is 29.2 Å². The Morgan fingerprint density at radius 3 is 1.47 bits per heavy atom. The second-order valence-electron chi connectivity index (χ2n) is 13.5. The van der Waals surface area contributed by atoms with Crippen molar-refractivity contribution < 1.29 is 0 Å². The van der Waals surface area contributed by atoms with E-state index in [0.29, 0.717) is 0 Å². The lowest BCUT2D eigenvalue weighted by molar-refractivity contribution is 1.20. The summed E-state index contributed by atoms with van der Waals surface area (Å²) in [5.41, 5.74) is 12.8. The van der Waals surface area contributed by atoms with E-state index in [9.17, 15) is 0 Å². The molecule has 0 aliphatic carbocycles. The molecule has 0 bridgehead atoms. The number of fused-ring (bicyclic) bond motifs is 4. The minimum atomic E-state index is -2.15. The molecule has 0 saturated heterocycles. The molecule has 232 valence electrons. The van der Waals surface area contributed by atoms with Gasteiger partial charge in [0.05, 0.1) is 11.4 Å². The van der Waals surface area contributed by atoms with Crippen LogP contribution < -0.4 is 10.4 Å². The fourth-order valence-corrected chi connectivity index (χ4v) is 10.7. The Hall–Kier alpha value is -5.90. The van der Waals surface area contributed by atoms with Crippen LogP contribution in [0.15, 0.2) is 170 Å². The Morgan fingerprint density at radius 2 is 0.816 bits per heavy atom. The van der Waals surface area contributed by atoms with Crippen molar-refractivity contribution in [1.82, 2.24) is 9.97 Å². The first-order valence-electron chi connectivity index (χ1n) is 16.9. The molecule has 1 aliphatic heterocycles. The highest BCUT2D eigenvalue weighted by molar-refractivity contribution is 7.04. The Labute approximate surface area is 288 Å². The second kappa shape index (κ2) is 11.7. The maximum absolute atomic E-state index is 5.39. The fourth-order valence-electron chi connectivity index (χ4n) is 7.47. The van der Waals surface area contributed by atoms with Gasteiger partial charge in [-0.3, -0.25) is 0 Å². The van der Waals surface area contributed by atoms with Crippen molar-refractivity contribution in [2.24, 2.45) is 0 Å². The van der Waals surface area contributed by atoms with Crippen LogP contribution >= 0.6 is 0 Å². The van der Waals surface area contributed by atoms with Gasteiger partial charge in [-0.2, -0.15) is 0 Å². The number of aromatic nitrogens is 2. The molecule has 1 aromatic heterocycles. The third kappa shape index (κ3) is 5.11. The van der Waals surface area contributed by atoms with Gasteiger partial charge in [0.15, 0.2) is 5.82 Å². The van der Waals surface area contributed by atoms with Gasteiger partial charge in [0.1, 0.15) is 8.07 Å². The van der Waals surface area contributed by atoms with Gasteiger partial charge in [-0.05, 0) is 72.7 Å². The highest BCUT2D eigenvalue weighted by Gasteiger charge is 2.42. The molecule has 0 radical (unpaired) electrons.